The Morgan fingerprint density at radius 2 is 2.14 bits per heavy atom. The SMILES string of the molecule is Clc1ccc(Sc2nnnn2C2CC2)c(CNC2CC2)c1. The monoisotopic (exact) mass is 321 g/mol. The number of tetrazole rings is 1. The lowest BCUT2D eigenvalue weighted by atomic mass is 10.2. The molecule has 0 atom stereocenters. The Hall–Kier alpha value is -1.11. The molecule has 4 rings (SSSR count). The van der Waals surface area contributed by atoms with Crippen LogP contribution in [0.25, 0.3) is 0 Å². The van der Waals surface area contributed by atoms with E-state index >= 15 is 0 Å². The molecule has 0 amide bonds. The standard InChI is InChI=1S/C14H16ClN5S/c15-10-1-6-13(9(7-10)8-16-11-2-3-11)21-14-17-18-19-20(14)12-4-5-12/h1,6-7,11-12,16H,2-5,8H2. The summed E-state index contributed by atoms with van der Waals surface area (Å²) in [6.07, 6.45) is 4.91. The van der Waals surface area contributed by atoms with Crippen molar-refractivity contribution in [3.8, 4) is 0 Å². The van der Waals surface area contributed by atoms with Crippen molar-refractivity contribution in [2.75, 3.05) is 0 Å². The molecule has 2 aromatic rings. The predicted octanol–water partition coefficient (Wildman–Crippen LogP) is 3.06. The fourth-order valence-electron chi connectivity index (χ4n) is 2.23. The van der Waals surface area contributed by atoms with Crippen LogP contribution in [0.4, 0.5) is 0 Å². The Kier molecular flexibility index (Phi) is 3.61. The van der Waals surface area contributed by atoms with Gasteiger partial charge in [-0.15, -0.1) is 5.10 Å². The number of aromatic nitrogens is 4. The Labute approximate surface area is 132 Å². The highest BCUT2D eigenvalue weighted by molar-refractivity contribution is 7.99. The molecule has 0 bridgehead atoms. The summed E-state index contributed by atoms with van der Waals surface area (Å²) in [4.78, 5) is 1.17. The van der Waals surface area contributed by atoms with Crippen molar-refractivity contribution in [1.82, 2.24) is 25.5 Å². The van der Waals surface area contributed by atoms with Gasteiger partial charge in [-0.05, 0) is 71.6 Å². The lowest BCUT2D eigenvalue weighted by Gasteiger charge is -2.10. The van der Waals surface area contributed by atoms with Crippen molar-refractivity contribution >= 4 is 23.4 Å². The molecule has 2 saturated carbocycles. The quantitative estimate of drug-likeness (QED) is 0.886. The third-order valence-corrected chi connectivity index (χ3v) is 5.04. The molecule has 1 aromatic heterocycles. The zero-order chi connectivity index (χ0) is 14.2. The molecule has 0 aliphatic heterocycles. The van der Waals surface area contributed by atoms with Gasteiger partial charge in [-0.1, -0.05) is 11.6 Å². The predicted molar refractivity (Wildman–Crippen MR) is 81.5 cm³/mol. The fraction of sp³-hybridized carbons (Fsp3) is 0.500. The molecule has 0 unspecified atom stereocenters. The van der Waals surface area contributed by atoms with Crippen LogP contribution in [0.2, 0.25) is 5.02 Å². The maximum Gasteiger partial charge on any atom is 0.214 e. The highest BCUT2D eigenvalue weighted by Gasteiger charge is 2.28. The summed E-state index contributed by atoms with van der Waals surface area (Å²) in [7, 11) is 0. The van der Waals surface area contributed by atoms with Crippen molar-refractivity contribution < 1.29 is 0 Å². The van der Waals surface area contributed by atoms with Gasteiger partial charge in [0.1, 0.15) is 0 Å². The van der Waals surface area contributed by atoms with Crippen LogP contribution in [0.1, 0.15) is 37.3 Å². The molecule has 0 saturated heterocycles. The van der Waals surface area contributed by atoms with Crippen LogP contribution in [-0.2, 0) is 6.54 Å². The lowest BCUT2D eigenvalue weighted by molar-refractivity contribution is 0.565. The average Bonchev–Trinajstić information content (AvgIpc) is 3.40. The molecule has 2 aliphatic rings. The fourth-order valence-corrected chi connectivity index (χ4v) is 3.37. The summed E-state index contributed by atoms with van der Waals surface area (Å²) >= 11 is 7.76. The van der Waals surface area contributed by atoms with Crippen molar-refractivity contribution in [2.24, 2.45) is 0 Å². The van der Waals surface area contributed by atoms with E-state index in [4.69, 9.17) is 11.6 Å². The van der Waals surface area contributed by atoms with Gasteiger partial charge in [-0.25, -0.2) is 4.68 Å². The van der Waals surface area contributed by atoms with Crippen molar-refractivity contribution in [2.45, 2.75) is 54.4 Å². The molecule has 7 heteroatoms. The first-order valence-electron chi connectivity index (χ1n) is 7.27. The number of nitrogens with one attached hydrogen (secondary N) is 1. The minimum atomic E-state index is 0.489. The molecular formula is C14H16ClN5S. The summed E-state index contributed by atoms with van der Waals surface area (Å²) in [6.45, 7) is 0.846. The van der Waals surface area contributed by atoms with E-state index in [0.29, 0.717) is 12.1 Å². The molecule has 0 spiro atoms. The maximum atomic E-state index is 6.14. The summed E-state index contributed by atoms with van der Waals surface area (Å²) in [5.74, 6) is 0. The second-order valence-electron chi connectivity index (χ2n) is 5.65. The van der Waals surface area contributed by atoms with Gasteiger partial charge in [0, 0.05) is 22.5 Å². The van der Waals surface area contributed by atoms with Crippen LogP contribution in [0, 0.1) is 0 Å². The number of rotatable bonds is 6. The summed E-state index contributed by atoms with van der Waals surface area (Å²) < 4.78 is 1.94. The Morgan fingerprint density at radius 1 is 1.29 bits per heavy atom. The van der Waals surface area contributed by atoms with Gasteiger partial charge in [-0.3, -0.25) is 0 Å². The van der Waals surface area contributed by atoms with E-state index in [9.17, 15) is 0 Å². The van der Waals surface area contributed by atoms with Crippen molar-refractivity contribution in [1.29, 1.82) is 0 Å². The molecule has 1 heterocycles. The molecule has 1 N–H and O–H groups in total. The van der Waals surface area contributed by atoms with Crippen molar-refractivity contribution in [3.05, 3.63) is 28.8 Å². The van der Waals surface area contributed by atoms with Gasteiger partial charge in [0.05, 0.1) is 6.04 Å². The summed E-state index contributed by atoms with van der Waals surface area (Å²) in [5, 5.41) is 17.2. The average molecular weight is 322 g/mol. The van der Waals surface area contributed by atoms with Crippen molar-refractivity contribution in [3.63, 3.8) is 0 Å². The molecule has 0 radical (unpaired) electrons. The molecule has 110 valence electrons. The first-order valence-corrected chi connectivity index (χ1v) is 8.46. The number of hydrogen-bond acceptors (Lipinski definition) is 5. The van der Waals surface area contributed by atoms with E-state index in [0.717, 1.165) is 16.7 Å². The number of halogens is 1. The van der Waals surface area contributed by atoms with E-state index < -0.39 is 0 Å². The van der Waals surface area contributed by atoms with Crippen LogP contribution in [0.3, 0.4) is 0 Å². The van der Waals surface area contributed by atoms with Gasteiger partial charge in [0.15, 0.2) is 0 Å². The van der Waals surface area contributed by atoms with E-state index in [-0.39, 0.29) is 0 Å². The third kappa shape index (κ3) is 3.22. The first-order chi connectivity index (χ1) is 10.3. The number of benzene rings is 1. The van der Waals surface area contributed by atoms with E-state index in [2.05, 4.69) is 26.9 Å². The molecule has 1 aromatic carbocycles. The van der Waals surface area contributed by atoms with E-state index in [1.807, 2.05) is 16.8 Å². The zero-order valence-corrected chi connectivity index (χ0v) is 13.1. The minimum absolute atomic E-state index is 0.489. The van der Waals surface area contributed by atoms with Crippen LogP contribution >= 0.6 is 23.4 Å². The van der Waals surface area contributed by atoms with E-state index in [1.54, 1.807) is 11.8 Å². The Bertz CT molecular complexity index is 651. The smallest absolute Gasteiger partial charge is 0.214 e. The molecule has 5 nitrogen and oxygen atoms in total. The number of hydrogen-bond donors (Lipinski definition) is 1. The van der Waals surface area contributed by atoms with Gasteiger partial charge >= 0.3 is 0 Å². The molecule has 2 aliphatic carbocycles. The van der Waals surface area contributed by atoms with Gasteiger partial charge < -0.3 is 5.32 Å². The largest absolute Gasteiger partial charge is 0.310 e. The summed E-state index contributed by atoms with van der Waals surface area (Å²) in [5.41, 5.74) is 1.21. The highest BCUT2D eigenvalue weighted by Crippen LogP contribution is 2.39. The van der Waals surface area contributed by atoms with Crippen LogP contribution in [0.5, 0.6) is 0 Å². The third-order valence-electron chi connectivity index (χ3n) is 3.74. The molecule has 2 fully saturated rings. The number of nitrogens with zero attached hydrogens (tertiary/aromatic N) is 4. The van der Waals surface area contributed by atoms with E-state index in [1.165, 1.54) is 36.1 Å². The molecule has 21 heavy (non-hydrogen) atoms. The lowest BCUT2D eigenvalue weighted by Crippen LogP contribution is -2.15. The first kappa shape index (κ1) is 13.5. The summed E-state index contributed by atoms with van der Waals surface area (Å²) in [6, 6.07) is 7.19. The second-order valence-corrected chi connectivity index (χ2v) is 7.09. The highest BCUT2D eigenvalue weighted by atomic mass is 35.5. The van der Waals surface area contributed by atoms with Crippen LogP contribution in [-0.4, -0.2) is 26.2 Å². The van der Waals surface area contributed by atoms with Gasteiger partial charge in [0.25, 0.3) is 0 Å². The van der Waals surface area contributed by atoms with Gasteiger partial charge in [0.2, 0.25) is 5.16 Å². The van der Waals surface area contributed by atoms with Gasteiger partial charge in [-0.2, -0.15) is 0 Å². The molecular weight excluding hydrogens is 306 g/mol. The topological polar surface area (TPSA) is 55.6 Å². The maximum absolute atomic E-state index is 6.14. The van der Waals surface area contributed by atoms with Crippen LogP contribution in [0.15, 0.2) is 28.3 Å². The Morgan fingerprint density at radius 3 is 2.90 bits per heavy atom. The van der Waals surface area contributed by atoms with Crippen LogP contribution < -0.4 is 5.32 Å². The normalized spacial score (nSPS) is 18.1. The zero-order valence-electron chi connectivity index (χ0n) is 11.5. The second kappa shape index (κ2) is 5.59. The Balaban J connectivity index is 1.56. The minimum Gasteiger partial charge on any atom is -0.310 e.